The number of carboxylic acids is 1. The van der Waals surface area contributed by atoms with Gasteiger partial charge in [0.15, 0.2) is 0 Å². The van der Waals surface area contributed by atoms with Crippen molar-refractivity contribution in [2.75, 3.05) is 17.5 Å². The zero-order chi connectivity index (χ0) is 16.2. The molecule has 1 amide bonds. The molecule has 0 radical (unpaired) electrons. The van der Waals surface area contributed by atoms with Crippen molar-refractivity contribution in [3.63, 3.8) is 0 Å². The number of sulfonamides is 1. The van der Waals surface area contributed by atoms with Crippen molar-refractivity contribution in [1.82, 2.24) is 5.32 Å². The molecule has 9 heteroatoms. The average Bonchev–Trinajstić information content (AvgIpc) is 2.36. The zero-order valence-corrected chi connectivity index (χ0v) is 12.2. The molecule has 1 atom stereocenters. The molecule has 0 heterocycles. The van der Waals surface area contributed by atoms with Gasteiger partial charge in [0.1, 0.15) is 5.82 Å². The molecule has 0 bridgehead atoms. The lowest BCUT2D eigenvalue weighted by atomic mass is 10.1. The van der Waals surface area contributed by atoms with Gasteiger partial charge in [-0.1, -0.05) is 6.92 Å². The molecule has 1 aromatic carbocycles. The number of anilines is 1. The van der Waals surface area contributed by atoms with Gasteiger partial charge < -0.3 is 10.4 Å². The number of hydrogen-bond acceptors (Lipinski definition) is 4. The number of benzene rings is 1. The minimum atomic E-state index is -3.68. The van der Waals surface area contributed by atoms with Crippen LogP contribution in [0.1, 0.15) is 17.3 Å². The molecule has 7 nitrogen and oxygen atoms in total. The number of carboxylic acid groups (broad SMARTS) is 1. The van der Waals surface area contributed by atoms with Crippen LogP contribution >= 0.6 is 0 Å². The summed E-state index contributed by atoms with van der Waals surface area (Å²) in [5.41, 5.74) is -0.337. The van der Waals surface area contributed by atoms with Gasteiger partial charge in [-0.05, 0) is 18.2 Å². The van der Waals surface area contributed by atoms with Gasteiger partial charge in [0.05, 0.1) is 17.9 Å². The molecule has 0 aliphatic heterocycles. The number of carbonyl (C=O) groups is 2. The van der Waals surface area contributed by atoms with Crippen molar-refractivity contribution < 1.29 is 27.5 Å². The third-order valence-corrected chi connectivity index (χ3v) is 3.10. The quantitative estimate of drug-likeness (QED) is 0.713. The van der Waals surface area contributed by atoms with Crippen molar-refractivity contribution in [2.45, 2.75) is 6.92 Å². The van der Waals surface area contributed by atoms with E-state index in [-0.39, 0.29) is 17.8 Å². The van der Waals surface area contributed by atoms with Crippen LogP contribution in [0.15, 0.2) is 18.2 Å². The second-order valence-electron chi connectivity index (χ2n) is 4.52. The van der Waals surface area contributed by atoms with Gasteiger partial charge in [-0.15, -0.1) is 0 Å². The lowest BCUT2D eigenvalue weighted by Gasteiger charge is -2.10. The van der Waals surface area contributed by atoms with Crippen molar-refractivity contribution in [2.24, 2.45) is 5.92 Å². The fourth-order valence-corrected chi connectivity index (χ4v) is 1.94. The first-order chi connectivity index (χ1) is 9.60. The third kappa shape index (κ3) is 5.38. The van der Waals surface area contributed by atoms with E-state index >= 15 is 0 Å². The van der Waals surface area contributed by atoms with E-state index in [1.807, 2.05) is 4.72 Å². The second-order valence-corrected chi connectivity index (χ2v) is 6.27. The second kappa shape index (κ2) is 6.53. The van der Waals surface area contributed by atoms with Crippen molar-refractivity contribution in [1.29, 1.82) is 0 Å². The predicted octanol–water partition coefficient (Wildman–Crippen LogP) is 0.648. The molecular weight excluding hydrogens is 303 g/mol. The molecule has 0 aliphatic carbocycles. The molecule has 1 aromatic rings. The largest absolute Gasteiger partial charge is 0.481 e. The summed E-state index contributed by atoms with van der Waals surface area (Å²) in [7, 11) is -3.68. The fourth-order valence-electron chi connectivity index (χ4n) is 1.38. The molecule has 0 fully saturated rings. The monoisotopic (exact) mass is 318 g/mol. The summed E-state index contributed by atoms with van der Waals surface area (Å²) in [6.07, 6.45) is 0.855. The smallest absolute Gasteiger partial charge is 0.308 e. The summed E-state index contributed by atoms with van der Waals surface area (Å²) in [6, 6.07) is 3.16. The van der Waals surface area contributed by atoms with E-state index in [4.69, 9.17) is 5.11 Å². The highest BCUT2D eigenvalue weighted by molar-refractivity contribution is 7.92. The lowest BCUT2D eigenvalue weighted by Crippen LogP contribution is -2.31. The van der Waals surface area contributed by atoms with Gasteiger partial charge in [-0.3, -0.25) is 14.3 Å². The van der Waals surface area contributed by atoms with Crippen molar-refractivity contribution in [3.05, 3.63) is 29.6 Å². The van der Waals surface area contributed by atoms with E-state index < -0.39 is 33.6 Å². The average molecular weight is 318 g/mol. The van der Waals surface area contributed by atoms with Crippen LogP contribution in [0.4, 0.5) is 10.1 Å². The number of carbonyl (C=O) groups excluding carboxylic acids is 1. The summed E-state index contributed by atoms with van der Waals surface area (Å²) in [6.45, 7) is 1.32. The Labute approximate surface area is 121 Å². The Morgan fingerprint density at radius 3 is 2.52 bits per heavy atom. The minimum Gasteiger partial charge on any atom is -0.481 e. The summed E-state index contributed by atoms with van der Waals surface area (Å²) in [5, 5.41) is 11.1. The number of halogens is 1. The maximum Gasteiger partial charge on any atom is 0.308 e. The van der Waals surface area contributed by atoms with Gasteiger partial charge >= 0.3 is 5.97 Å². The van der Waals surface area contributed by atoms with Crippen LogP contribution < -0.4 is 10.0 Å². The van der Waals surface area contributed by atoms with E-state index in [0.29, 0.717) is 0 Å². The van der Waals surface area contributed by atoms with Crippen LogP contribution in [0.2, 0.25) is 0 Å². The number of nitrogens with one attached hydrogen (secondary N) is 2. The van der Waals surface area contributed by atoms with Gasteiger partial charge in [0.25, 0.3) is 5.91 Å². The Morgan fingerprint density at radius 1 is 1.38 bits per heavy atom. The van der Waals surface area contributed by atoms with E-state index in [1.165, 1.54) is 13.0 Å². The van der Waals surface area contributed by atoms with Crippen LogP contribution in [0, 0.1) is 11.7 Å². The summed E-state index contributed by atoms with van der Waals surface area (Å²) < 4.78 is 37.6. The molecule has 0 aromatic heterocycles. The molecule has 0 saturated carbocycles. The number of hydrogen-bond donors (Lipinski definition) is 3. The Bertz CT molecular complexity index is 660. The van der Waals surface area contributed by atoms with Gasteiger partial charge in [-0.25, -0.2) is 12.8 Å². The molecular formula is C12H15FN2O5S. The third-order valence-electron chi connectivity index (χ3n) is 2.51. The van der Waals surface area contributed by atoms with E-state index in [9.17, 15) is 22.4 Å². The predicted molar refractivity (Wildman–Crippen MR) is 74.0 cm³/mol. The molecule has 0 spiro atoms. The van der Waals surface area contributed by atoms with Crippen LogP contribution in [-0.4, -0.2) is 38.2 Å². The summed E-state index contributed by atoms with van der Waals surface area (Å²) in [5.74, 6) is -3.28. The normalized spacial score (nSPS) is 12.5. The highest BCUT2D eigenvalue weighted by Gasteiger charge is 2.15. The van der Waals surface area contributed by atoms with Crippen molar-refractivity contribution in [3.8, 4) is 0 Å². The van der Waals surface area contributed by atoms with Crippen LogP contribution in [0.5, 0.6) is 0 Å². The zero-order valence-electron chi connectivity index (χ0n) is 11.4. The molecule has 1 rings (SSSR count). The van der Waals surface area contributed by atoms with Gasteiger partial charge in [0.2, 0.25) is 10.0 Å². The fraction of sp³-hybridized carbons (Fsp3) is 0.333. The topological polar surface area (TPSA) is 113 Å². The molecule has 0 saturated heterocycles. The highest BCUT2D eigenvalue weighted by atomic mass is 32.2. The Hall–Kier alpha value is -2.16. The lowest BCUT2D eigenvalue weighted by molar-refractivity contribution is -0.140. The van der Waals surface area contributed by atoms with E-state index in [0.717, 1.165) is 18.4 Å². The number of aliphatic carboxylic acids is 1. The maximum atomic E-state index is 13.4. The molecule has 21 heavy (non-hydrogen) atoms. The minimum absolute atomic E-state index is 0.0140. The van der Waals surface area contributed by atoms with E-state index in [1.54, 1.807) is 0 Å². The Balaban J connectivity index is 2.86. The Kier molecular flexibility index (Phi) is 5.25. The maximum absolute atomic E-state index is 13.4. The van der Waals surface area contributed by atoms with Crippen molar-refractivity contribution >= 4 is 27.6 Å². The first-order valence-electron chi connectivity index (χ1n) is 5.88. The Morgan fingerprint density at radius 2 is 2.00 bits per heavy atom. The molecule has 116 valence electrons. The first-order valence-corrected chi connectivity index (χ1v) is 7.77. The summed E-state index contributed by atoms with van der Waals surface area (Å²) >= 11 is 0. The molecule has 3 N–H and O–H groups in total. The van der Waals surface area contributed by atoms with Crippen LogP contribution in [0.3, 0.4) is 0 Å². The van der Waals surface area contributed by atoms with Gasteiger partial charge in [0, 0.05) is 12.1 Å². The molecule has 1 unspecified atom stereocenters. The standard InChI is InChI=1S/C12H15FN2O5S/c1-7(12(17)18)6-14-11(16)8-3-4-9(13)10(5-8)15-21(2,19)20/h3-5,7,15H,6H2,1-2H3,(H,14,16)(H,17,18). The highest BCUT2D eigenvalue weighted by Crippen LogP contribution is 2.17. The van der Waals surface area contributed by atoms with Crippen LogP contribution in [-0.2, 0) is 14.8 Å². The SMILES string of the molecule is CC(CNC(=O)c1ccc(F)c(NS(C)(=O)=O)c1)C(=O)O. The van der Waals surface area contributed by atoms with Crippen LogP contribution in [0.25, 0.3) is 0 Å². The number of amides is 1. The summed E-state index contributed by atoms with van der Waals surface area (Å²) in [4.78, 5) is 22.4. The molecule has 0 aliphatic rings. The first kappa shape index (κ1) is 16.9. The number of rotatable bonds is 6. The van der Waals surface area contributed by atoms with E-state index in [2.05, 4.69) is 5.32 Å². The van der Waals surface area contributed by atoms with Gasteiger partial charge in [-0.2, -0.15) is 0 Å².